The molecule has 0 radical (unpaired) electrons. The summed E-state index contributed by atoms with van der Waals surface area (Å²) in [5.41, 5.74) is 1.67. The van der Waals surface area contributed by atoms with Gasteiger partial charge in [-0.15, -0.1) is 0 Å². The summed E-state index contributed by atoms with van der Waals surface area (Å²) in [4.78, 5) is 10.8. The van der Waals surface area contributed by atoms with E-state index in [4.69, 9.17) is 5.11 Å². The maximum Gasteiger partial charge on any atom is 0.356 e. The highest BCUT2D eigenvalue weighted by Crippen LogP contribution is 2.11. The van der Waals surface area contributed by atoms with Crippen LogP contribution in [-0.4, -0.2) is 30.6 Å². The van der Waals surface area contributed by atoms with Crippen LogP contribution in [0.4, 0.5) is 0 Å². The van der Waals surface area contributed by atoms with Crippen molar-refractivity contribution < 1.29 is 9.90 Å². The highest BCUT2D eigenvalue weighted by Gasteiger charge is 2.14. The van der Waals surface area contributed by atoms with Crippen molar-refractivity contribution >= 4 is 5.97 Å². The lowest BCUT2D eigenvalue weighted by atomic mass is 10.3. The molecular weight excluding hydrogens is 208 g/mol. The van der Waals surface area contributed by atoms with Crippen molar-refractivity contribution in [2.75, 3.05) is 0 Å². The molecule has 16 heavy (non-hydrogen) atoms. The van der Waals surface area contributed by atoms with E-state index < -0.39 is 5.97 Å². The lowest BCUT2D eigenvalue weighted by Crippen LogP contribution is -2.02. The molecule has 6 nitrogen and oxygen atoms in total. The molecule has 0 atom stereocenters. The number of aryl methyl sites for hydroxylation is 3. The highest BCUT2D eigenvalue weighted by molar-refractivity contribution is 5.86. The first-order valence-electron chi connectivity index (χ1n) is 4.79. The molecule has 0 aliphatic heterocycles. The fourth-order valence-corrected chi connectivity index (χ4v) is 1.44. The van der Waals surface area contributed by atoms with Crippen LogP contribution in [-0.2, 0) is 7.05 Å². The third-order valence-corrected chi connectivity index (χ3v) is 2.44. The zero-order chi connectivity index (χ0) is 11.9. The summed E-state index contributed by atoms with van der Waals surface area (Å²) < 4.78 is 3.19. The second-order valence-corrected chi connectivity index (χ2v) is 3.68. The summed E-state index contributed by atoms with van der Waals surface area (Å²) in [6.45, 7) is 3.63. The molecule has 2 aromatic rings. The van der Waals surface area contributed by atoms with Gasteiger partial charge in [0.1, 0.15) is 0 Å². The number of carboxylic acids is 1. The van der Waals surface area contributed by atoms with Gasteiger partial charge in [-0.25, -0.2) is 9.48 Å². The second kappa shape index (κ2) is 3.48. The lowest BCUT2D eigenvalue weighted by Gasteiger charge is -1.93. The van der Waals surface area contributed by atoms with Gasteiger partial charge in [-0.05, 0) is 13.8 Å². The number of carboxylic acid groups (broad SMARTS) is 1. The molecule has 1 N–H and O–H groups in total. The van der Waals surface area contributed by atoms with Crippen LogP contribution in [0.2, 0.25) is 0 Å². The third kappa shape index (κ3) is 1.58. The van der Waals surface area contributed by atoms with Crippen LogP contribution in [0.1, 0.15) is 21.7 Å². The van der Waals surface area contributed by atoms with Gasteiger partial charge in [-0.1, -0.05) is 0 Å². The molecule has 2 rings (SSSR count). The largest absolute Gasteiger partial charge is 0.476 e. The molecule has 0 saturated heterocycles. The van der Waals surface area contributed by atoms with E-state index in [1.807, 2.05) is 20.0 Å². The van der Waals surface area contributed by atoms with Gasteiger partial charge in [0.05, 0.1) is 0 Å². The molecule has 84 valence electrons. The summed E-state index contributed by atoms with van der Waals surface area (Å²) in [6.07, 6.45) is 1.66. The smallest absolute Gasteiger partial charge is 0.356 e. The minimum atomic E-state index is -1.02. The average molecular weight is 220 g/mol. The summed E-state index contributed by atoms with van der Waals surface area (Å²) in [7, 11) is 1.83. The van der Waals surface area contributed by atoms with Crippen LogP contribution >= 0.6 is 0 Å². The minimum absolute atomic E-state index is 0.0586. The van der Waals surface area contributed by atoms with E-state index in [1.165, 1.54) is 4.68 Å². The molecule has 0 fully saturated rings. The van der Waals surface area contributed by atoms with Crippen molar-refractivity contribution in [3.05, 3.63) is 29.2 Å². The maximum absolute atomic E-state index is 10.8. The van der Waals surface area contributed by atoms with Gasteiger partial charge in [0.25, 0.3) is 0 Å². The van der Waals surface area contributed by atoms with Crippen molar-refractivity contribution in [1.82, 2.24) is 19.6 Å². The molecule has 0 bridgehead atoms. The molecule has 0 aliphatic carbocycles. The van der Waals surface area contributed by atoms with E-state index in [9.17, 15) is 4.79 Å². The van der Waals surface area contributed by atoms with Gasteiger partial charge >= 0.3 is 5.97 Å². The van der Waals surface area contributed by atoms with Crippen molar-refractivity contribution in [3.63, 3.8) is 0 Å². The first kappa shape index (κ1) is 10.4. The van der Waals surface area contributed by atoms with Gasteiger partial charge in [0.2, 0.25) is 0 Å². The Morgan fingerprint density at radius 2 is 2.06 bits per heavy atom. The van der Waals surface area contributed by atoms with E-state index in [1.54, 1.807) is 17.8 Å². The molecule has 0 aliphatic rings. The lowest BCUT2D eigenvalue weighted by molar-refractivity contribution is 0.0689. The van der Waals surface area contributed by atoms with Gasteiger partial charge in [0, 0.05) is 30.6 Å². The minimum Gasteiger partial charge on any atom is -0.476 e. The quantitative estimate of drug-likeness (QED) is 0.816. The normalized spacial score (nSPS) is 10.7. The molecule has 2 heterocycles. The standard InChI is InChI=1S/C10H12N4O2/c1-6-5-14(12-9(6)10(15)16)8-4-7(2)13(3)11-8/h4-5H,1-3H3,(H,15,16). The highest BCUT2D eigenvalue weighted by atomic mass is 16.4. The fraction of sp³-hybridized carbons (Fsp3) is 0.300. The van der Waals surface area contributed by atoms with Crippen molar-refractivity contribution in [2.24, 2.45) is 7.05 Å². The van der Waals surface area contributed by atoms with Gasteiger partial charge in [0.15, 0.2) is 11.5 Å². The summed E-state index contributed by atoms with van der Waals surface area (Å²) in [5.74, 6) is -0.403. The SMILES string of the molecule is Cc1cn(-c2cc(C)n(C)n2)nc1C(=O)O. The fourth-order valence-electron chi connectivity index (χ4n) is 1.44. The van der Waals surface area contributed by atoms with Crippen LogP contribution in [0.3, 0.4) is 0 Å². The van der Waals surface area contributed by atoms with E-state index in [0.717, 1.165) is 5.69 Å². The van der Waals surface area contributed by atoms with Crippen LogP contribution in [0.15, 0.2) is 12.3 Å². The summed E-state index contributed by atoms with van der Waals surface area (Å²) >= 11 is 0. The first-order chi connectivity index (χ1) is 7.49. The monoisotopic (exact) mass is 220 g/mol. The summed E-state index contributed by atoms with van der Waals surface area (Å²) in [5, 5.41) is 17.1. The second-order valence-electron chi connectivity index (χ2n) is 3.68. The molecule has 0 saturated carbocycles. The van der Waals surface area contributed by atoms with Crippen LogP contribution in [0.25, 0.3) is 5.82 Å². The third-order valence-electron chi connectivity index (χ3n) is 2.44. The molecule has 2 aromatic heterocycles. The Morgan fingerprint density at radius 3 is 2.50 bits per heavy atom. The Hall–Kier alpha value is -2.11. The van der Waals surface area contributed by atoms with E-state index in [0.29, 0.717) is 11.4 Å². The van der Waals surface area contributed by atoms with Crippen molar-refractivity contribution in [3.8, 4) is 5.82 Å². The summed E-state index contributed by atoms with van der Waals surface area (Å²) in [6, 6.07) is 1.85. The Balaban J connectivity index is 2.49. The molecule has 0 amide bonds. The number of carbonyl (C=O) groups is 1. The van der Waals surface area contributed by atoms with Gasteiger partial charge in [-0.2, -0.15) is 10.2 Å². The molecule has 0 unspecified atom stereocenters. The first-order valence-corrected chi connectivity index (χ1v) is 4.79. The number of rotatable bonds is 2. The zero-order valence-electron chi connectivity index (χ0n) is 9.30. The van der Waals surface area contributed by atoms with E-state index in [2.05, 4.69) is 10.2 Å². The van der Waals surface area contributed by atoms with Crippen LogP contribution < -0.4 is 0 Å². The van der Waals surface area contributed by atoms with Gasteiger partial charge in [-0.3, -0.25) is 4.68 Å². The predicted octanol–water partition coefficient (Wildman–Crippen LogP) is 0.921. The molecule has 0 aromatic carbocycles. The van der Waals surface area contributed by atoms with E-state index in [-0.39, 0.29) is 5.69 Å². The zero-order valence-corrected chi connectivity index (χ0v) is 9.30. The number of hydrogen-bond acceptors (Lipinski definition) is 3. The Morgan fingerprint density at radius 1 is 1.38 bits per heavy atom. The van der Waals surface area contributed by atoms with E-state index >= 15 is 0 Å². The Bertz CT molecular complexity index is 534. The number of aromatic nitrogens is 4. The molecular formula is C10H12N4O2. The molecule has 0 spiro atoms. The predicted molar refractivity (Wildman–Crippen MR) is 56.8 cm³/mol. The number of aromatic carboxylic acids is 1. The number of nitrogens with zero attached hydrogens (tertiary/aromatic N) is 4. The van der Waals surface area contributed by atoms with Crippen LogP contribution in [0.5, 0.6) is 0 Å². The Kier molecular flexibility index (Phi) is 2.26. The van der Waals surface area contributed by atoms with Crippen molar-refractivity contribution in [1.29, 1.82) is 0 Å². The number of hydrogen-bond donors (Lipinski definition) is 1. The average Bonchev–Trinajstić information content (AvgIpc) is 2.71. The van der Waals surface area contributed by atoms with Crippen LogP contribution in [0, 0.1) is 13.8 Å². The van der Waals surface area contributed by atoms with Crippen molar-refractivity contribution in [2.45, 2.75) is 13.8 Å². The Labute approximate surface area is 92.1 Å². The maximum atomic E-state index is 10.8. The molecule has 6 heteroatoms. The topological polar surface area (TPSA) is 72.9 Å². The van der Waals surface area contributed by atoms with Gasteiger partial charge < -0.3 is 5.11 Å².